The minimum atomic E-state index is -0.104. The second-order valence-corrected chi connectivity index (χ2v) is 16.1. The van der Waals surface area contributed by atoms with Crippen LogP contribution in [0.2, 0.25) is 0 Å². The zero-order valence-electron chi connectivity index (χ0n) is 30.1. The van der Waals surface area contributed by atoms with Crippen molar-refractivity contribution in [2.75, 3.05) is 4.90 Å². The van der Waals surface area contributed by atoms with Crippen molar-refractivity contribution in [3.05, 3.63) is 138 Å². The first kappa shape index (κ1) is 31.0. The van der Waals surface area contributed by atoms with E-state index in [9.17, 15) is 0 Å². The summed E-state index contributed by atoms with van der Waals surface area (Å²) < 4.78 is 6.82. The van der Waals surface area contributed by atoms with Crippen molar-refractivity contribution < 1.29 is 4.42 Å². The molecule has 0 amide bonds. The van der Waals surface area contributed by atoms with Crippen molar-refractivity contribution >= 4 is 49.8 Å². The van der Waals surface area contributed by atoms with Crippen LogP contribution in [0, 0.1) is 0 Å². The van der Waals surface area contributed by atoms with E-state index in [-0.39, 0.29) is 5.41 Å². The normalized spacial score (nSPS) is 17.6. The van der Waals surface area contributed by atoms with Gasteiger partial charge in [-0.3, -0.25) is 0 Å². The molecular weight excluding hydrogens is 619 g/mol. The summed E-state index contributed by atoms with van der Waals surface area (Å²) >= 11 is 0. The van der Waals surface area contributed by atoms with Gasteiger partial charge in [0.05, 0.1) is 11.4 Å². The van der Waals surface area contributed by atoms with Gasteiger partial charge in [0.2, 0.25) is 0 Å². The van der Waals surface area contributed by atoms with Crippen molar-refractivity contribution in [2.45, 2.75) is 95.3 Å². The number of rotatable bonds is 5. The first-order valence-electron chi connectivity index (χ1n) is 19.6. The van der Waals surface area contributed by atoms with Crippen LogP contribution in [0.1, 0.15) is 112 Å². The summed E-state index contributed by atoms with van der Waals surface area (Å²) in [7, 11) is 0. The number of para-hydroxylation sites is 2. The first-order valence-corrected chi connectivity index (χ1v) is 19.6. The summed E-state index contributed by atoms with van der Waals surface area (Å²) in [4.78, 5) is 2.57. The Morgan fingerprint density at radius 3 is 2.04 bits per heavy atom. The van der Waals surface area contributed by atoms with Gasteiger partial charge in [0.1, 0.15) is 5.58 Å². The van der Waals surface area contributed by atoms with E-state index in [0.29, 0.717) is 11.8 Å². The largest absolute Gasteiger partial charge is 0.454 e. The number of furan rings is 1. The van der Waals surface area contributed by atoms with E-state index in [1.807, 2.05) is 0 Å². The molecule has 0 radical (unpaired) electrons. The summed E-state index contributed by atoms with van der Waals surface area (Å²) in [5.41, 5.74) is 14.1. The second-order valence-electron chi connectivity index (χ2n) is 16.1. The maximum atomic E-state index is 6.82. The molecule has 0 saturated heterocycles. The lowest BCUT2D eigenvalue weighted by molar-refractivity contribution is 0.443. The monoisotopic (exact) mass is 665 g/mol. The van der Waals surface area contributed by atoms with Crippen molar-refractivity contribution in [1.29, 1.82) is 0 Å². The highest BCUT2D eigenvalue weighted by atomic mass is 16.3. The van der Waals surface area contributed by atoms with Gasteiger partial charge in [-0.25, -0.2) is 0 Å². The molecule has 7 aromatic rings. The van der Waals surface area contributed by atoms with Gasteiger partial charge in [-0.2, -0.15) is 0 Å². The maximum absolute atomic E-state index is 6.82. The van der Waals surface area contributed by atoms with E-state index in [1.165, 1.54) is 120 Å². The van der Waals surface area contributed by atoms with Gasteiger partial charge in [-0.15, -0.1) is 0 Å². The molecule has 0 aliphatic heterocycles. The smallest absolute Gasteiger partial charge is 0.159 e. The molecule has 0 unspecified atom stereocenters. The van der Waals surface area contributed by atoms with E-state index >= 15 is 0 Å². The summed E-state index contributed by atoms with van der Waals surface area (Å²) in [6.45, 7) is 4.89. The van der Waals surface area contributed by atoms with Crippen LogP contribution < -0.4 is 4.90 Å². The summed E-state index contributed by atoms with van der Waals surface area (Å²) in [5, 5.41) is 4.91. The summed E-state index contributed by atoms with van der Waals surface area (Å²) in [6.07, 6.45) is 13.2. The lowest BCUT2D eigenvalue weighted by Crippen LogP contribution is -2.18. The molecule has 51 heavy (non-hydrogen) atoms. The third kappa shape index (κ3) is 4.97. The van der Waals surface area contributed by atoms with E-state index < -0.39 is 0 Å². The van der Waals surface area contributed by atoms with Gasteiger partial charge in [0.15, 0.2) is 5.58 Å². The van der Waals surface area contributed by atoms with Crippen molar-refractivity contribution in [3.63, 3.8) is 0 Å². The van der Waals surface area contributed by atoms with E-state index in [4.69, 9.17) is 4.42 Å². The first-order chi connectivity index (χ1) is 25.1. The molecular formula is C49H47NO. The van der Waals surface area contributed by atoms with Crippen LogP contribution in [0.15, 0.2) is 120 Å². The molecule has 0 N–H and O–H groups in total. The molecule has 6 aromatic carbocycles. The number of hydrogen-bond donors (Lipinski definition) is 0. The third-order valence-electron chi connectivity index (χ3n) is 12.8. The Morgan fingerprint density at radius 1 is 0.569 bits per heavy atom. The Kier molecular flexibility index (Phi) is 7.38. The average molecular weight is 666 g/mol. The number of fused-ring (bicyclic) bond motifs is 7. The molecule has 3 aliphatic carbocycles. The van der Waals surface area contributed by atoms with E-state index in [2.05, 4.69) is 134 Å². The molecule has 10 rings (SSSR count). The predicted molar refractivity (Wildman–Crippen MR) is 215 cm³/mol. The molecule has 2 nitrogen and oxygen atoms in total. The molecule has 0 bridgehead atoms. The molecule has 1 aromatic heterocycles. The maximum Gasteiger partial charge on any atom is 0.159 e. The lowest BCUT2D eigenvalue weighted by atomic mass is 9.78. The highest BCUT2D eigenvalue weighted by Gasteiger charge is 2.37. The standard InChI is InChI=1S/C49H47NO/c1-49(2)43-30-35(32-14-5-3-6-15-32)25-28-39(43)40-29-26-36(31-44(40)49)50(45-22-13-21-42-41-20-11-12-23-46(41)51-48(42)45)47-37-19-10-9-18-34(37)24-27-38(47)33-16-7-4-8-17-33/h9-13,18-33H,3-8,14-17H2,1-2H3. The van der Waals surface area contributed by atoms with Gasteiger partial charge in [0, 0.05) is 27.3 Å². The highest BCUT2D eigenvalue weighted by molar-refractivity contribution is 6.12. The van der Waals surface area contributed by atoms with Crippen LogP contribution in [0.4, 0.5) is 17.1 Å². The molecule has 2 saturated carbocycles. The van der Waals surface area contributed by atoms with Crippen molar-refractivity contribution in [1.82, 2.24) is 0 Å². The Bertz CT molecular complexity index is 2430. The summed E-state index contributed by atoms with van der Waals surface area (Å²) in [6, 6.07) is 43.8. The Labute approximate surface area is 302 Å². The Balaban J connectivity index is 1.21. The van der Waals surface area contributed by atoms with Crippen LogP contribution in [0.3, 0.4) is 0 Å². The fourth-order valence-electron chi connectivity index (χ4n) is 10.1. The topological polar surface area (TPSA) is 16.4 Å². The van der Waals surface area contributed by atoms with Crippen LogP contribution >= 0.6 is 0 Å². The van der Waals surface area contributed by atoms with Gasteiger partial charge < -0.3 is 9.32 Å². The SMILES string of the molecule is CC1(C)c2cc(C3CCCCC3)ccc2-c2ccc(N(c3c(C4CCCCC4)ccc4ccccc34)c3cccc4c3oc3ccccc34)cc21. The molecule has 0 spiro atoms. The fourth-order valence-corrected chi connectivity index (χ4v) is 10.1. The van der Waals surface area contributed by atoms with Crippen LogP contribution in [0.25, 0.3) is 43.8 Å². The van der Waals surface area contributed by atoms with Gasteiger partial charge >= 0.3 is 0 Å². The van der Waals surface area contributed by atoms with Crippen LogP contribution in [-0.2, 0) is 5.41 Å². The van der Waals surface area contributed by atoms with Crippen LogP contribution in [0.5, 0.6) is 0 Å². The number of anilines is 3. The molecule has 0 atom stereocenters. The van der Waals surface area contributed by atoms with Crippen LogP contribution in [-0.4, -0.2) is 0 Å². The van der Waals surface area contributed by atoms with Gasteiger partial charge in [0.25, 0.3) is 0 Å². The highest BCUT2D eigenvalue weighted by Crippen LogP contribution is 2.54. The zero-order valence-corrected chi connectivity index (χ0v) is 30.1. The minimum Gasteiger partial charge on any atom is -0.454 e. The van der Waals surface area contributed by atoms with E-state index in [1.54, 1.807) is 5.56 Å². The minimum absolute atomic E-state index is 0.104. The molecule has 2 fully saturated rings. The number of benzene rings is 6. The zero-order chi connectivity index (χ0) is 34.1. The molecule has 2 heteroatoms. The van der Waals surface area contributed by atoms with E-state index in [0.717, 1.165) is 22.2 Å². The van der Waals surface area contributed by atoms with Crippen molar-refractivity contribution in [2.24, 2.45) is 0 Å². The Morgan fingerprint density at radius 2 is 1.24 bits per heavy atom. The fraction of sp³-hybridized carbons (Fsp3) is 0.306. The molecule has 254 valence electrons. The lowest BCUT2D eigenvalue weighted by Gasteiger charge is -2.33. The third-order valence-corrected chi connectivity index (χ3v) is 12.8. The number of nitrogens with zero attached hydrogens (tertiary/aromatic N) is 1. The molecule has 1 heterocycles. The van der Waals surface area contributed by atoms with Gasteiger partial charge in [-0.1, -0.05) is 143 Å². The second kappa shape index (κ2) is 12.2. The summed E-state index contributed by atoms with van der Waals surface area (Å²) in [5.74, 6) is 1.23. The number of hydrogen-bond acceptors (Lipinski definition) is 2. The quantitative estimate of drug-likeness (QED) is 0.182. The average Bonchev–Trinajstić information content (AvgIpc) is 3.68. The van der Waals surface area contributed by atoms with Gasteiger partial charge in [-0.05, 0) is 101 Å². The predicted octanol–water partition coefficient (Wildman–Crippen LogP) is 14.6. The van der Waals surface area contributed by atoms with Crippen molar-refractivity contribution in [3.8, 4) is 11.1 Å². The molecule has 3 aliphatic rings. The Hall–Kier alpha value is -4.82.